The second-order valence-corrected chi connectivity index (χ2v) is 11.0. The average Bonchev–Trinajstić information content (AvgIpc) is 3.50. The number of aromatic nitrogens is 1. The maximum absolute atomic E-state index is 13.8. The van der Waals surface area contributed by atoms with E-state index >= 15 is 0 Å². The van der Waals surface area contributed by atoms with Crippen LogP contribution in [0.5, 0.6) is 5.75 Å². The number of amides is 2. The van der Waals surface area contributed by atoms with E-state index in [4.69, 9.17) is 21.1 Å². The molecule has 3 fully saturated rings. The first-order valence-corrected chi connectivity index (χ1v) is 12.0. The number of pyridine rings is 1. The van der Waals surface area contributed by atoms with Crippen LogP contribution < -0.4 is 9.64 Å². The Morgan fingerprint density at radius 3 is 2.70 bits per heavy atom. The van der Waals surface area contributed by atoms with Gasteiger partial charge in [-0.1, -0.05) is 11.6 Å². The summed E-state index contributed by atoms with van der Waals surface area (Å²) in [6.45, 7) is 9.66. The summed E-state index contributed by atoms with van der Waals surface area (Å²) in [5.74, 6) is 0.997. The van der Waals surface area contributed by atoms with Crippen LogP contribution in [-0.4, -0.2) is 102 Å². The van der Waals surface area contributed by atoms with Gasteiger partial charge in [-0.25, -0.2) is 9.78 Å². The van der Waals surface area contributed by atoms with Crippen molar-refractivity contribution >= 4 is 29.4 Å². The Morgan fingerprint density at radius 2 is 2.00 bits per heavy atom. The van der Waals surface area contributed by atoms with E-state index in [9.17, 15) is 9.59 Å². The highest BCUT2D eigenvalue weighted by atomic mass is 35.5. The van der Waals surface area contributed by atoms with Gasteiger partial charge in [0, 0.05) is 45.3 Å². The molecule has 9 nitrogen and oxygen atoms in total. The second kappa shape index (κ2) is 7.91. The molecular weight excluding hydrogens is 446 g/mol. The Kier molecular flexibility index (Phi) is 5.40. The van der Waals surface area contributed by atoms with Crippen LogP contribution in [0.1, 0.15) is 44.0 Å². The van der Waals surface area contributed by atoms with Crippen molar-refractivity contribution in [2.24, 2.45) is 0 Å². The van der Waals surface area contributed by atoms with Gasteiger partial charge in [0.15, 0.2) is 0 Å². The lowest BCUT2D eigenvalue weighted by molar-refractivity contribution is 0.000950. The molecule has 180 valence electrons. The number of hydrogen-bond donors (Lipinski definition) is 0. The molecule has 10 heteroatoms. The first-order chi connectivity index (χ1) is 15.6. The predicted molar refractivity (Wildman–Crippen MR) is 124 cm³/mol. The number of ether oxygens (including phenoxy) is 2. The molecule has 0 N–H and O–H groups in total. The number of piperazine rings is 2. The van der Waals surface area contributed by atoms with E-state index in [1.807, 2.05) is 25.7 Å². The van der Waals surface area contributed by atoms with Gasteiger partial charge in [0.1, 0.15) is 34.5 Å². The summed E-state index contributed by atoms with van der Waals surface area (Å²) in [6, 6.07) is 1.37. The summed E-state index contributed by atoms with van der Waals surface area (Å²) in [5.41, 5.74) is -0.0676. The molecule has 2 amide bonds. The van der Waals surface area contributed by atoms with Gasteiger partial charge in [0.2, 0.25) is 0 Å². The molecule has 33 heavy (non-hydrogen) atoms. The summed E-state index contributed by atoms with van der Waals surface area (Å²) in [7, 11) is 2.13. The van der Waals surface area contributed by atoms with E-state index in [-0.39, 0.29) is 30.2 Å². The Balaban J connectivity index is 1.43. The highest BCUT2D eigenvalue weighted by Crippen LogP contribution is 2.48. The van der Waals surface area contributed by atoms with Crippen LogP contribution >= 0.6 is 11.6 Å². The Morgan fingerprint density at radius 1 is 1.24 bits per heavy atom. The number of anilines is 1. The third-order valence-corrected chi connectivity index (χ3v) is 7.09. The van der Waals surface area contributed by atoms with E-state index in [1.165, 1.54) is 0 Å². The van der Waals surface area contributed by atoms with Crippen LogP contribution in [0, 0.1) is 0 Å². The van der Waals surface area contributed by atoms with Crippen molar-refractivity contribution in [3.63, 3.8) is 0 Å². The maximum Gasteiger partial charge on any atom is 0.410 e. The molecular formula is C23H32ClN5O4. The molecule has 1 aromatic rings. The number of hydrogen-bond acceptors (Lipinski definition) is 7. The fourth-order valence-corrected chi connectivity index (χ4v) is 5.33. The number of rotatable bonds is 1. The summed E-state index contributed by atoms with van der Waals surface area (Å²) < 4.78 is 11.7. The molecule has 2 saturated heterocycles. The van der Waals surface area contributed by atoms with Gasteiger partial charge in [-0.05, 0) is 40.7 Å². The standard InChI is InChI=1S/C23H32ClN5O4/c1-22(2,3)33-21(31)27-8-9-28-15(12-27)13-32-16-11-17(24)25-19(18(16)20(28)30)29-10-7-26(4)14-23(29)5-6-23/h11,15H,5-10,12-14H2,1-4H3/t15-/m1/s1. The molecule has 1 aliphatic carbocycles. The molecule has 0 radical (unpaired) electrons. The number of halogens is 1. The van der Waals surface area contributed by atoms with Gasteiger partial charge >= 0.3 is 6.09 Å². The fraction of sp³-hybridized carbons (Fsp3) is 0.696. The van der Waals surface area contributed by atoms with Crippen LogP contribution in [0.25, 0.3) is 0 Å². The van der Waals surface area contributed by atoms with Crippen molar-refractivity contribution in [3.05, 3.63) is 16.8 Å². The summed E-state index contributed by atoms with van der Waals surface area (Å²) >= 11 is 6.40. The Bertz CT molecular complexity index is 976. The normalized spacial score (nSPS) is 24.7. The first-order valence-electron chi connectivity index (χ1n) is 11.6. The van der Waals surface area contributed by atoms with E-state index in [0.29, 0.717) is 41.9 Å². The van der Waals surface area contributed by atoms with Crippen molar-refractivity contribution < 1.29 is 19.1 Å². The van der Waals surface area contributed by atoms with Crippen molar-refractivity contribution in [3.8, 4) is 5.75 Å². The second-order valence-electron chi connectivity index (χ2n) is 10.6. The number of nitrogens with zero attached hydrogens (tertiary/aromatic N) is 5. The van der Waals surface area contributed by atoms with E-state index < -0.39 is 5.60 Å². The summed E-state index contributed by atoms with van der Waals surface area (Å²) in [5, 5.41) is 0.321. The van der Waals surface area contributed by atoms with Crippen molar-refractivity contribution in [1.29, 1.82) is 0 Å². The Labute approximate surface area is 199 Å². The van der Waals surface area contributed by atoms with Crippen molar-refractivity contribution in [2.45, 2.75) is 50.8 Å². The molecule has 1 aromatic heterocycles. The minimum absolute atomic E-state index is 0.0137. The number of fused-ring (bicyclic) bond motifs is 2. The molecule has 4 aliphatic rings. The number of carbonyl (C=O) groups is 2. The monoisotopic (exact) mass is 477 g/mol. The minimum Gasteiger partial charge on any atom is -0.490 e. The minimum atomic E-state index is -0.571. The largest absolute Gasteiger partial charge is 0.490 e. The van der Waals surface area contributed by atoms with Crippen molar-refractivity contribution in [1.82, 2.24) is 19.7 Å². The zero-order chi connectivity index (χ0) is 23.5. The first kappa shape index (κ1) is 22.5. The maximum atomic E-state index is 13.8. The zero-order valence-electron chi connectivity index (χ0n) is 19.8. The molecule has 0 bridgehead atoms. The van der Waals surface area contributed by atoms with Gasteiger partial charge in [-0.2, -0.15) is 0 Å². The van der Waals surface area contributed by atoms with Crippen LogP contribution in [0.4, 0.5) is 10.6 Å². The third kappa shape index (κ3) is 4.21. The molecule has 1 atom stereocenters. The topological polar surface area (TPSA) is 78.5 Å². The summed E-state index contributed by atoms with van der Waals surface area (Å²) in [4.78, 5) is 39.2. The highest BCUT2D eigenvalue weighted by Gasteiger charge is 2.53. The molecule has 1 spiro atoms. The van der Waals surface area contributed by atoms with E-state index in [1.54, 1.807) is 11.0 Å². The number of carbonyl (C=O) groups excluding carboxylic acids is 2. The van der Waals surface area contributed by atoms with E-state index in [2.05, 4.69) is 21.8 Å². The highest BCUT2D eigenvalue weighted by molar-refractivity contribution is 6.30. The molecule has 5 rings (SSSR count). The average molecular weight is 478 g/mol. The van der Waals surface area contributed by atoms with Gasteiger partial charge in [0.05, 0.1) is 11.6 Å². The number of likely N-dealkylation sites (N-methyl/N-ethyl adjacent to an activating group) is 1. The molecule has 1 saturated carbocycles. The smallest absolute Gasteiger partial charge is 0.410 e. The van der Waals surface area contributed by atoms with Gasteiger partial charge < -0.3 is 29.1 Å². The zero-order valence-corrected chi connectivity index (χ0v) is 20.5. The fourth-order valence-electron chi connectivity index (χ4n) is 5.15. The van der Waals surface area contributed by atoms with Gasteiger partial charge in [-0.15, -0.1) is 0 Å². The predicted octanol–water partition coefficient (Wildman–Crippen LogP) is 2.47. The molecule has 0 unspecified atom stereocenters. The van der Waals surface area contributed by atoms with Crippen LogP contribution in [0.2, 0.25) is 5.15 Å². The SMILES string of the molecule is CN1CCN(c2nc(Cl)cc3c2C(=O)N2CCN(C(=O)OC(C)(C)C)C[C@@H]2CO3)C2(CC2)C1. The molecule has 0 aromatic carbocycles. The summed E-state index contributed by atoms with van der Waals surface area (Å²) in [6.07, 6.45) is 1.79. The van der Waals surface area contributed by atoms with Crippen molar-refractivity contribution in [2.75, 3.05) is 57.8 Å². The van der Waals surface area contributed by atoms with Crippen LogP contribution in [-0.2, 0) is 4.74 Å². The quantitative estimate of drug-likeness (QED) is 0.575. The lowest BCUT2D eigenvalue weighted by Crippen LogP contribution is -2.58. The third-order valence-electron chi connectivity index (χ3n) is 6.90. The Hall–Kier alpha value is -2.26. The van der Waals surface area contributed by atoms with E-state index in [0.717, 1.165) is 32.5 Å². The molecule has 4 heterocycles. The lowest BCUT2D eigenvalue weighted by atomic mass is 10.1. The molecule has 3 aliphatic heterocycles. The lowest BCUT2D eigenvalue weighted by Gasteiger charge is -2.43. The van der Waals surface area contributed by atoms with Gasteiger partial charge in [-0.3, -0.25) is 4.79 Å². The van der Waals surface area contributed by atoms with Crippen LogP contribution in [0.15, 0.2) is 6.07 Å². The van der Waals surface area contributed by atoms with Gasteiger partial charge in [0.25, 0.3) is 5.91 Å². The van der Waals surface area contributed by atoms with Crippen LogP contribution in [0.3, 0.4) is 0 Å².